The quantitative estimate of drug-likeness (QED) is 0.797. The van der Waals surface area contributed by atoms with Gasteiger partial charge in [-0.2, -0.15) is 0 Å². The molecule has 0 radical (unpaired) electrons. The summed E-state index contributed by atoms with van der Waals surface area (Å²) in [6, 6.07) is 14.0. The van der Waals surface area contributed by atoms with E-state index in [1.807, 2.05) is 24.3 Å². The molecule has 0 aliphatic rings. The number of methoxy groups -OCH3 is 2. The summed E-state index contributed by atoms with van der Waals surface area (Å²) < 4.78 is 24.6. The minimum Gasteiger partial charge on any atom is -0.497 e. The third-order valence-corrected chi connectivity index (χ3v) is 4.32. The molecule has 5 heteroatoms. The topological polar surface area (TPSA) is 47.6 Å². The van der Waals surface area contributed by atoms with Crippen LogP contribution in [0.3, 0.4) is 0 Å². The fourth-order valence-corrected chi connectivity index (χ4v) is 2.57. The number of carbonyl (C=O) groups is 1. The SMILES string of the molecule is COc1ccc(CCC(=O)NC[C@@](C)(OC)c2ccccc2F)cc1. The molecule has 1 atom stereocenters. The fraction of sp³-hybridized carbons (Fsp3) is 0.350. The average molecular weight is 345 g/mol. The maximum atomic E-state index is 14.0. The van der Waals surface area contributed by atoms with Gasteiger partial charge in [-0.25, -0.2) is 4.39 Å². The van der Waals surface area contributed by atoms with Crippen LogP contribution < -0.4 is 10.1 Å². The summed E-state index contributed by atoms with van der Waals surface area (Å²) >= 11 is 0. The van der Waals surface area contributed by atoms with E-state index in [4.69, 9.17) is 9.47 Å². The molecule has 0 aromatic heterocycles. The van der Waals surface area contributed by atoms with Crippen molar-refractivity contribution >= 4 is 5.91 Å². The lowest BCUT2D eigenvalue weighted by Crippen LogP contribution is -2.40. The minimum absolute atomic E-state index is 0.101. The standard InChI is InChI=1S/C20H24FNO3/c1-20(25-3,17-6-4-5-7-18(17)21)14-22-19(23)13-10-15-8-11-16(24-2)12-9-15/h4-9,11-12H,10,13-14H2,1-3H3,(H,22,23)/t20-/m1/s1. The Kier molecular flexibility index (Phi) is 6.53. The lowest BCUT2D eigenvalue weighted by molar-refractivity contribution is -0.122. The Hall–Kier alpha value is -2.40. The van der Waals surface area contributed by atoms with Crippen molar-refractivity contribution in [1.82, 2.24) is 5.32 Å². The normalized spacial score (nSPS) is 13.1. The third kappa shape index (κ3) is 5.03. The van der Waals surface area contributed by atoms with Crippen molar-refractivity contribution in [3.05, 3.63) is 65.5 Å². The molecule has 1 N–H and O–H groups in total. The largest absolute Gasteiger partial charge is 0.497 e. The summed E-state index contributed by atoms with van der Waals surface area (Å²) in [5.41, 5.74) is 0.564. The van der Waals surface area contributed by atoms with E-state index >= 15 is 0 Å². The van der Waals surface area contributed by atoms with Crippen LogP contribution in [0.4, 0.5) is 4.39 Å². The van der Waals surface area contributed by atoms with Crippen LogP contribution in [-0.2, 0) is 21.6 Å². The van der Waals surface area contributed by atoms with E-state index in [1.165, 1.54) is 13.2 Å². The van der Waals surface area contributed by atoms with Gasteiger partial charge in [-0.15, -0.1) is 0 Å². The minimum atomic E-state index is -0.916. The molecule has 2 rings (SSSR count). The first kappa shape index (κ1) is 18.9. The molecule has 4 nitrogen and oxygen atoms in total. The predicted molar refractivity (Wildman–Crippen MR) is 95.1 cm³/mol. The van der Waals surface area contributed by atoms with Gasteiger partial charge in [-0.3, -0.25) is 4.79 Å². The molecule has 0 bridgehead atoms. The Bertz CT molecular complexity index is 702. The molecule has 0 unspecified atom stereocenters. The molecular formula is C20H24FNO3. The lowest BCUT2D eigenvalue weighted by Gasteiger charge is -2.29. The molecular weight excluding hydrogens is 321 g/mol. The molecule has 25 heavy (non-hydrogen) atoms. The van der Waals surface area contributed by atoms with E-state index in [0.29, 0.717) is 18.4 Å². The first-order valence-corrected chi connectivity index (χ1v) is 8.18. The van der Waals surface area contributed by atoms with Gasteiger partial charge >= 0.3 is 0 Å². The van der Waals surface area contributed by atoms with Crippen LogP contribution in [0.1, 0.15) is 24.5 Å². The highest BCUT2D eigenvalue weighted by Gasteiger charge is 2.29. The van der Waals surface area contributed by atoms with Crippen molar-refractivity contribution in [3.8, 4) is 5.75 Å². The van der Waals surface area contributed by atoms with Gasteiger partial charge in [0.2, 0.25) is 5.91 Å². The number of hydrogen-bond acceptors (Lipinski definition) is 3. The number of hydrogen-bond donors (Lipinski definition) is 1. The second kappa shape index (κ2) is 8.62. The van der Waals surface area contributed by atoms with Crippen LogP contribution in [-0.4, -0.2) is 26.7 Å². The molecule has 0 spiro atoms. The molecule has 0 fully saturated rings. The van der Waals surface area contributed by atoms with E-state index in [9.17, 15) is 9.18 Å². The number of aryl methyl sites for hydroxylation is 1. The molecule has 0 aliphatic carbocycles. The van der Waals surface area contributed by atoms with Crippen LogP contribution >= 0.6 is 0 Å². The third-order valence-electron chi connectivity index (χ3n) is 4.32. The maximum Gasteiger partial charge on any atom is 0.220 e. The van der Waals surface area contributed by atoms with E-state index in [0.717, 1.165) is 11.3 Å². The summed E-state index contributed by atoms with van der Waals surface area (Å²) in [6.07, 6.45) is 0.975. The molecule has 1 amide bonds. The fourth-order valence-electron chi connectivity index (χ4n) is 2.57. The van der Waals surface area contributed by atoms with Crippen LogP contribution in [0.15, 0.2) is 48.5 Å². The van der Waals surface area contributed by atoms with Gasteiger partial charge < -0.3 is 14.8 Å². The monoisotopic (exact) mass is 345 g/mol. The highest BCUT2D eigenvalue weighted by atomic mass is 19.1. The van der Waals surface area contributed by atoms with Gasteiger partial charge in [0.05, 0.1) is 13.7 Å². The molecule has 0 aliphatic heterocycles. The molecule has 0 saturated carbocycles. The zero-order chi connectivity index (χ0) is 18.3. The summed E-state index contributed by atoms with van der Waals surface area (Å²) in [5.74, 6) is 0.337. The van der Waals surface area contributed by atoms with Crippen molar-refractivity contribution < 1.29 is 18.7 Å². The summed E-state index contributed by atoms with van der Waals surface area (Å²) in [6.45, 7) is 1.96. The number of ether oxygens (including phenoxy) is 2. The van der Waals surface area contributed by atoms with Crippen molar-refractivity contribution in [2.24, 2.45) is 0 Å². The first-order chi connectivity index (χ1) is 12.0. The Morgan fingerprint density at radius 2 is 1.80 bits per heavy atom. The number of halogens is 1. The zero-order valence-corrected chi connectivity index (χ0v) is 14.8. The van der Waals surface area contributed by atoms with Gasteiger partial charge in [0.1, 0.15) is 17.2 Å². The van der Waals surface area contributed by atoms with Crippen molar-refractivity contribution in [2.45, 2.75) is 25.4 Å². The second-order valence-electron chi connectivity index (χ2n) is 6.04. The number of amides is 1. The summed E-state index contributed by atoms with van der Waals surface area (Å²) in [4.78, 5) is 12.1. The highest BCUT2D eigenvalue weighted by Crippen LogP contribution is 2.26. The Morgan fingerprint density at radius 1 is 1.12 bits per heavy atom. The molecule has 0 saturated heterocycles. The van der Waals surface area contributed by atoms with Crippen LogP contribution in [0.25, 0.3) is 0 Å². The number of nitrogens with one attached hydrogen (secondary N) is 1. The smallest absolute Gasteiger partial charge is 0.220 e. The van der Waals surface area contributed by atoms with E-state index in [-0.39, 0.29) is 18.3 Å². The number of carbonyl (C=O) groups excluding carboxylic acids is 1. The lowest BCUT2D eigenvalue weighted by atomic mass is 9.95. The van der Waals surface area contributed by atoms with E-state index < -0.39 is 5.60 Å². The van der Waals surface area contributed by atoms with E-state index in [2.05, 4.69) is 5.32 Å². The predicted octanol–water partition coefficient (Wildman–Crippen LogP) is 3.44. The van der Waals surface area contributed by atoms with Crippen LogP contribution in [0.5, 0.6) is 5.75 Å². The molecule has 134 valence electrons. The van der Waals surface area contributed by atoms with E-state index in [1.54, 1.807) is 32.2 Å². The Morgan fingerprint density at radius 3 is 2.40 bits per heavy atom. The highest BCUT2D eigenvalue weighted by molar-refractivity contribution is 5.76. The van der Waals surface area contributed by atoms with Crippen molar-refractivity contribution in [3.63, 3.8) is 0 Å². The molecule has 2 aromatic carbocycles. The number of benzene rings is 2. The Balaban J connectivity index is 1.90. The van der Waals surface area contributed by atoms with Crippen LogP contribution in [0, 0.1) is 5.82 Å². The number of rotatable bonds is 8. The van der Waals surface area contributed by atoms with Crippen molar-refractivity contribution in [2.75, 3.05) is 20.8 Å². The van der Waals surface area contributed by atoms with Crippen LogP contribution in [0.2, 0.25) is 0 Å². The van der Waals surface area contributed by atoms with Gasteiger partial charge in [-0.05, 0) is 37.1 Å². The van der Waals surface area contributed by atoms with Gasteiger partial charge in [0.25, 0.3) is 0 Å². The average Bonchev–Trinajstić information content (AvgIpc) is 2.65. The first-order valence-electron chi connectivity index (χ1n) is 8.18. The Labute approximate surface area is 148 Å². The van der Waals surface area contributed by atoms with Gasteiger partial charge in [-0.1, -0.05) is 30.3 Å². The van der Waals surface area contributed by atoms with Crippen molar-refractivity contribution in [1.29, 1.82) is 0 Å². The summed E-state index contributed by atoms with van der Waals surface area (Å²) in [5, 5.41) is 2.84. The second-order valence-corrected chi connectivity index (χ2v) is 6.04. The summed E-state index contributed by atoms with van der Waals surface area (Å²) in [7, 11) is 3.13. The molecule has 0 heterocycles. The van der Waals surface area contributed by atoms with Gasteiger partial charge in [0.15, 0.2) is 0 Å². The van der Waals surface area contributed by atoms with Gasteiger partial charge in [0, 0.05) is 19.1 Å². The maximum absolute atomic E-state index is 14.0. The molecule has 2 aromatic rings. The zero-order valence-electron chi connectivity index (χ0n) is 14.8.